The van der Waals surface area contributed by atoms with Gasteiger partial charge in [0.1, 0.15) is 11.3 Å². The summed E-state index contributed by atoms with van der Waals surface area (Å²) < 4.78 is 5.26. The quantitative estimate of drug-likeness (QED) is 0.182. The molecule has 0 fully saturated rings. The van der Waals surface area contributed by atoms with E-state index in [2.05, 4.69) is 5.32 Å². The molecule has 2 aromatic rings. The second-order valence-electron chi connectivity index (χ2n) is 6.80. The molecule has 2 rings (SSSR count). The summed E-state index contributed by atoms with van der Waals surface area (Å²) in [6, 6.07) is 4.85. The Morgan fingerprint density at radius 1 is 1.17 bits per heavy atom. The molecule has 0 bridgehead atoms. The first-order valence-corrected chi connectivity index (χ1v) is 9.21. The highest BCUT2D eigenvalue weighted by molar-refractivity contribution is 6.09. The minimum absolute atomic E-state index is 0.00746. The van der Waals surface area contributed by atoms with Crippen LogP contribution in [0.25, 0.3) is 11.0 Å². The molecule has 1 aromatic carbocycles. The number of unbranched alkanes of at least 4 members (excludes halogenated alkanes) is 1. The van der Waals surface area contributed by atoms with E-state index in [0.717, 1.165) is 6.92 Å². The molecule has 164 valence electrons. The molecule has 0 aliphatic heterocycles. The van der Waals surface area contributed by atoms with E-state index < -0.39 is 28.9 Å². The second-order valence-corrected chi connectivity index (χ2v) is 6.80. The number of benzene rings is 1. The van der Waals surface area contributed by atoms with Gasteiger partial charge in [-0.2, -0.15) is 0 Å². The zero-order valence-corrected chi connectivity index (χ0v) is 17.2. The van der Waals surface area contributed by atoms with Gasteiger partial charge in [0.15, 0.2) is 11.3 Å². The number of hydrogen-bond acceptors (Lipinski definition) is 8. The van der Waals surface area contributed by atoms with E-state index in [0.29, 0.717) is 41.6 Å². The lowest BCUT2D eigenvalue weighted by atomic mass is 9.87. The zero-order valence-electron chi connectivity index (χ0n) is 17.2. The number of nitrogens with one attached hydrogen (secondary N) is 1. The number of carbonyl (C=O) groups excluding carboxylic acids is 1. The molecule has 0 aliphatic carbocycles. The highest BCUT2D eigenvalue weighted by Crippen LogP contribution is 2.28. The lowest BCUT2D eigenvalue weighted by molar-refractivity contribution is -0.147. The van der Waals surface area contributed by atoms with E-state index >= 15 is 0 Å². The number of nitrogen functional groups attached to an aromatic ring is 1. The second kappa shape index (κ2) is 10.4. The predicted octanol–water partition coefficient (Wildman–Crippen LogP) is 1.73. The number of rotatable bonds is 8. The molecular formula is C20H27N3O7. The number of carboxylic acids is 2. The highest BCUT2D eigenvalue weighted by atomic mass is 16.4. The molecule has 0 amide bonds. The van der Waals surface area contributed by atoms with Gasteiger partial charge >= 0.3 is 11.6 Å². The number of Topliss-reactive ketones (excluding diaryl/α,β-unsaturated/α-hetero) is 1. The van der Waals surface area contributed by atoms with Crippen molar-refractivity contribution in [1.29, 1.82) is 0 Å². The van der Waals surface area contributed by atoms with E-state index in [-0.39, 0.29) is 12.1 Å². The maximum atomic E-state index is 12.4. The van der Waals surface area contributed by atoms with Crippen molar-refractivity contribution in [3.8, 4) is 0 Å². The fourth-order valence-electron chi connectivity index (χ4n) is 2.90. The Kier molecular flexibility index (Phi) is 8.54. The van der Waals surface area contributed by atoms with E-state index in [1.165, 1.54) is 13.0 Å². The minimum atomic E-state index is -1.92. The third-order valence-electron chi connectivity index (χ3n) is 4.50. The van der Waals surface area contributed by atoms with Crippen LogP contribution in [0.5, 0.6) is 0 Å². The topological polar surface area (TPSA) is 186 Å². The van der Waals surface area contributed by atoms with Crippen molar-refractivity contribution in [2.24, 2.45) is 5.73 Å². The summed E-state index contributed by atoms with van der Waals surface area (Å²) >= 11 is 0. The van der Waals surface area contributed by atoms with Crippen LogP contribution in [0.2, 0.25) is 0 Å². The molecule has 10 nitrogen and oxygen atoms in total. The van der Waals surface area contributed by atoms with Crippen molar-refractivity contribution in [2.45, 2.75) is 45.6 Å². The lowest BCUT2D eigenvalue weighted by Gasteiger charge is -2.29. The van der Waals surface area contributed by atoms with Crippen LogP contribution in [0.3, 0.4) is 0 Å². The van der Waals surface area contributed by atoms with Gasteiger partial charge in [-0.15, -0.1) is 0 Å². The molecule has 1 heterocycles. The molecule has 0 saturated carbocycles. The standard InChI is InChI=1S/C18H23N3O5.C2H4O2/c1-10-13-6-5-12(20)9-14(13)26-16(23)15(10)21-18(11(2)22,17(24)25)7-3-4-8-19;1-2(3)4/h5-6,9,21H,3-4,7-8,19-20H2,1-2H3,(H,24,25);1H3,(H,3,4)/t18-;/m1./s1. The summed E-state index contributed by atoms with van der Waals surface area (Å²) in [7, 11) is 0. The van der Waals surface area contributed by atoms with Crippen molar-refractivity contribution in [3.63, 3.8) is 0 Å². The Morgan fingerprint density at radius 3 is 2.27 bits per heavy atom. The Hall–Kier alpha value is -3.40. The number of carboxylic acid groups (broad SMARTS) is 2. The number of carbonyl (C=O) groups is 3. The summed E-state index contributed by atoms with van der Waals surface area (Å²) in [6.45, 7) is 4.30. The number of anilines is 2. The fourth-order valence-corrected chi connectivity index (χ4v) is 2.90. The van der Waals surface area contributed by atoms with Crippen molar-refractivity contribution in [2.75, 3.05) is 17.6 Å². The highest BCUT2D eigenvalue weighted by Gasteiger charge is 2.44. The number of aliphatic carboxylic acids is 2. The van der Waals surface area contributed by atoms with Crippen LogP contribution >= 0.6 is 0 Å². The van der Waals surface area contributed by atoms with Gasteiger partial charge in [-0.25, -0.2) is 9.59 Å². The van der Waals surface area contributed by atoms with Crippen molar-refractivity contribution < 1.29 is 29.0 Å². The molecule has 1 aromatic heterocycles. The van der Waals surface area contributed by atoms with Crippen molar-refractivity contribution in [3.05, 3.63) is 34.2 Å². The first-order chi connectivity index (χ1) is 14.0. The SMILES string of the molecule is CC(=O)O.CC(=O)[C@@](CCCCN)(Nc1c(C)c2ccc(N)cc2oc1=O)C(=O)O. The maximum absolute atomic E-state index is 12.4. The van der Waals surface area contributed by atoms with Crippen LogP contribution < -0.4 is 22.4 Å². The molecule has 1 atom stereocenters. The summed E-state index contributed by atoms with van der Waals surface area (Å²) in [5.74, 6) is -2.78. The smallest absolute Gasteiger partial charge is 0.360 e. The maximum Gasteiger partial charge on any atom is 0.360 e. The molecule has 10 heteroatoms. The molecular weight excluding hydrogens is 394 g/mol. The summed E-state index contributed by atoms with van der Waals surface area (Å²) in [4.78, 5) is 45.6. The van der Waals surface area contributed by atoms with Gasteiger partial charge in [0.25, 0.3) is 5.97 Å². The van der Waals surface area contributed by atoms with Gasteiger partial charge < -0.3 is 31.4 Å². The lowest BCUT2D eigenvalue weighted by Crippen LogP contribution is -2.53. The average Bonchev–Trinajstić information content (AvgIpc) is 2.62. The monoisotopic (exact) mass is 421 g/mol. The number of ketones is 1. The van der Waals surface area contributed by atoms with Gasteiger partial charge in [0, 0.05) is 24.1 Å². The minimum Gasteiger partial charge on any atom is -0.481 e. The zero-order chi connectivity index (χ0) is 23.1. The predicted molar refractivity (Wildman–Crippen MR) is 113 cm³/mol. The number of nitrogens with two attached hydrogens (primary N) is 2. The molecule has 0 spiro atoms. The molecule has 0 aliphatic rings. The summed E-state index contributed by atoms with van der Waals surface area (Å²) in [6.07, 6.45) is 0.992. The Morgan fingerprint density at radius 2 is 1.77 bits per heavy atom. The normalized spacial score (nSPS) is 12.4. The van der Waals surface area contributed by atoms with Crippen molar-refractivity contribution in [1.82, 2.24) is 0 Å². The van der Waals surface area contributed by atoms with Crippen LogP contribution in [-0.2, 0) is 14.4 Å². The van der Waals surface area contributed by atoms with Crippen LogP contribution in [0, 0.1) is 6.92 Å². The number of fused-ring (bicyclic) bond motifs is 1. The Bertz CT molecular complexity index is 980. The molecule has 0 radical (unpaired) electrons. The van der Waals surface area contributed by atoms with Crippen LogP contribution in [0.1, 0.15) is 38.7 Å². The third-order valence-corrected chi connectivity index (χ3v) is 4.50. The van der Waals surface area contributed by atoms with Gasteiger partial charge in [-0.05, 0) is 57.4 Å². The van der Waals surface area contributed by atoms with Crippen LogP contribution in [0.15, 0.2) is 27.4 Å². The van der Waals surface area contributed by atoms with E-state index in [1.807, 2.05) is 0 Å². The Labute approximate surface area is 172 Å². The molecule has 0 unspecified atom stereocenters. The van der Waals surface area contributed by atoms with Gasteiger partial charge in [0.2, 0.25) is 0 Å². The van der Waals surface area contributed by atoms with E-state index in [1.54, 1.807) is 19.1 Å². The largest absolute Gasteiger partial charge is 0.481 e. The number of aryl methyl sites for hydroxylation is 1. The first kappa shape index (κ1) is 24.6. The van der Waals surface area contributed by atoms with Crippen molar-refractivity contribution >= 4 is 40.1 Å². The molecule has 0 saturated heterocycles. The first-order valence-electron chi connectivity index (χ1n) is 9.21. The molecule has 7 N–H and O–H groups in total. The van der Waals surface area contributed by atoms with Crippen LogP contribution in [-0.4, -0.2) is 40.0 Å². The Balaban J connectivity index is 0.00000103. The summed E-state index contributed by atoms with van der Waals surface area (Å²) in [5, 5.41) is 20.4. The third kappa shape index (κ3) is 5.80. The van der Waals surface area contributed by atoms with E-state index in [9.17, 15) is 19.5 Å². The van der Waals surface area contributed by atoms with Gasteiger partial charge in [0.05, 0.1) is 0 Å². The van der Waals surface area contributed by atoms with Gasteiger partial charge in [-0.1, -0.05) is 0 Å². The number of hydrogen-bond donors (Lipinski definition) is 5. The average molecular weight is 421 g/mol. The molecule has 30 heavy (non-hydrogen) atoms. The van der Waals surface area contributed by atoms with E-state index in [4.69, 9.17) is 25.8 Å². The van der Waals surface area contributed by atoms with Gasteiger partial charge in [-0.3, -0.25) is 9.59 Å². The fraction of sp³-hybridized carbons (Fsp3) is 0.400. The van der Waals surface area contributed by atoms with Crippen LogP contribution in [0.4, 0.5) is 11.4 Å². The summed E-state index contributed by atoms with van der Waals surface area (Å²) in [5.41, 5.74) is 9.65.